The van der Waals surface area contributed by atoms with Gasteiger partial charge in [-0.25, -0.2) is 0 Å². The standard InChI is InChI=1S/C13H24O2/c1-6-7-10(2)8-11(3)9-12(4)13(14)15-5/h8,10,12H,6-7,9H2,1-5H3/b11-8+. The van der Waals surface area contributed by atoms with Crippen LogP contribution in [-0.4, -0.2) is 13.1 Å². The van der Waals surface area contributed by atoms with E-state index in [-0.39, 0.29) is 11.9 Å². The lowest BCUT2D eigenvalue weighted by Gasteiger charge is -2.11. The van der Waals surface area contributed by atoms with E-state index >= 15 is 0 Å². The first-order chi connectivity index (χ1) is 7.01. The summed E-state index contributed by atoms with van der Waals surface area (Å²) >= 11 is 0. The molecule has 2 heteroatoms. The Labute approximate surface area is 93.7 Å². The van der Waals surface area contributed by atoms with Crippen molar-refractivity contribution >= 4 is 5.97 Å². The zero-order chi connectivity index (χ0) is 11.8. The van der Waals surface area contributed by atoms with Crippen molar-refractivity contribution in [2.45, 2.75) is 47.0 Å². The number of methoxy groups -OCH3 is 1. The summed E-state index contributed by atoms with van der Waals surface area (Å²) in [5.74, 6) is 0.464. The van der Waals surface area contributed by atoms with Gasteiger partial charge >= 0.3 is 5.97 Å². The third-order valence-corrected chi connectivity index (χ3v) is 2.54. The summed E-state index contributed by atoms with van der Waals surface area (Å²) < 4.78 is 4.70. The Morgan fingerprint density at radius 1 is 1.40 bits per heavy atom. The van der Waals surface area contributed by atoms with Crippen molar-refractivity contribution in [3.8, 4) is 0 Å². The third-order valence-electron chi connectivity index (χ3n) is 2.54. The highest BCUT2D eigenvalue weighted by Gasteiger charge is 2.13. The zero-order valence-electron chi connectivity index (χ0n) is 10.7. The summed E-state index contributed by atoms with van der Waals surface area (Å²) in [6, 6.07) is 0. The van der Waals surface area contributed by atoms with Crippen LogP contribution < -0.4 is 0 Å². The minimum atomic E-state index is -0.120. The fourth-order valence-corrected chi connectivity index (χ4v) is 1.86. The van der Waals surface area contributed by atoms with Gasteiger partial charge in [0.15, 0.2) is 0 Å². The van der Waals surface area contributed by atoms with Crippen LogP contribution >= 0.6 is 0 Å². The van der Waals surface area contributed by atoms with Crippen LogP contribution in [0.5, 0.6) is 0 Å². The molecule has 0 aliphatic heterocycles. The fourth-order valence-electron chi connectivity index (χ4n) is 1.86. The molecule has 0 saturated heterocycles. The van der Waals surface area contributed by atoms with E-state index in [1.807, 2.05) is 6.92 Å². The molecule has 0 radical (unpaired) electrons. The van der Waals surface area contributed by atoms with Crippen molar-refractivity contribution in [2.24, 2.45) is 11.8 Å². The minimum Gasteiger partial charge on any atom is -0.469 e. The van der Waals surface area contributed by atoms with Gasteiger partial charge in [-0.1, -0.05) is 38.8 Å². The Kier molecular flexibility index (Phi) is 7.10. The Hall–Kier alpha value is -0.790. The molecule has 2 unspecified atom stereocenters. The van der Waals surface area contributed by atoms with Gasteiger partial charge in [-0.05, 0) is 25.7 Å². The molecule has 0 fully saturated rings. The molecule has 0 bridgehead atoms. The van der Waals surface area contributed by atoms with Crippen molar-refractivity contribution < 1.29 is 9.53 Å². The number of ether oxygens (including phenoxy) is 1. The van der Waals surface area contributed by atoms with Gasteiger partial charge in [0.05, 0.1) is 13.0 Å². The van der Waals surface area contributed by atoms with E-state index in [0.29, 0.717) is 5.92 Å². The molecule has 2 atom stereocenters. The summed E-state index contributed by atoms with van der Waals surface area (Å²) in [5, 5.41) is 0. The van der Waals surface area contributed by atoms with Crippen LogP contribution in [0.15, 0.2) is 11.6 Å². The minimum absolute atomic E-state index is 0.0277. The quantitative estimate of drug-likeness (QED) is 0.497. The molecule has 88 valence electrons. The lowest BCUT2D eigenvalue weighted by molar-refractivity contribution is -0.144. The van der Waals surface area contributed by atoms with Gasteiger partial charge in [-0.2, -0.15) is 0 Å². The van der Waals surface area contributed by atoms with Crippen LogP contribution in [0.3, 0.4) is 0 Å². The molecule has 2 nitrogen and oxygen atoms in total. The summed E-state index contributed by atoms with van der Waals surface area (Å²) in [6.45, 7) is 8.41. The molecular weight excluding hydrogens is 188 g/mol. The molecule has 0 aliphatic carbocycles. The van der Waals surface area contributed by atoms with Crippen molar-refractivity contribution in [1.29, 1.82) is 0 Å². The molecular formula is C13H24O2. The van der Waals surface area contributed by atoms with Gasteiger partial charge in [0, 0.05) is 0 Å². The van der Waals surface area contributed by atoms with E-state index in [2.05, 4.69) is 26.8 Å². The smallest absolute Gasteiger partial charge is 0.308 e. The SMILES string of the molecule is CCCC(C)/C=C(\C)CC(C)C(=O)OC. The molecule has 0 aromatic rings. The highest BCUT2D eigenvalue weighted by Crippen LogP contribution is 2.16. The van der Waals surface area contributed by atoms with E-state index in [1.54, 1.807) is 0 Å². The van der Waals surface area contributed by atoms with E-state index in [1.165, 1.54) is 25.5 Å². The molecule has 0 aromatic carbocycles. The Morgan fingerprint density at radius 2 is 2.00 bits per heavy atom. The number of carbonyl (C=O) groups is 1. The van der Waals surface area contributed by atoms with Gasteiger partial charge in [0.2, 0.25) is 0 Å². The zero-order valence-corrected chi connectivity index (χ0v) is 10.7. The maximum atomic E-state index is 11.2. The van der Waals surface area contributed by atoms with Crippen molar-refractivity contribution in [3.63, 3.8) is 0 Å². The third kappa shape index (κ3) is 6.32. The van der Waals surface area contributed by atoms with Crippen LogP contribution in [0, 0.1) is 11.8 Å². The number of hydrogen-bond acceptors (Lipinski definition) is 2. The number of rotatable bonds is 6. The molecule has 0 rings (SSSR count). The molecule has 0 spiro atoms. The largest absolute Gasteiger partial charge is 0.469 e. The van der Waals surface area contributed by atoms with Crippen LogP contribution in [0.4, 0.5) is 0 Å². The predicted molar refractivity (Wildman–Crippen MR) is 63.6 cm³/mol. The van der Waals surface area contributed by atoms with Crippen LogP contribution in [0.1, 0.15) is 47.0 Å². The second kappa shape index (κ2) is 7.49. The van der Waals surface area contributed by atoms with Crippen molar-refractivity contribution in [1.82, 2.24) is 0 Å². The lowest BCUT2D eigenvalue weighted by Crippen LogP contribution is -2.13. The highest BCUT2D eigenvalue weighted by atomic mass is 16.5. The fraction of sp³-hybridized carbons (Fsp3) is 0.769. The topological polar surface area (TPSA) is 26.3 Å². The lowest BCUT2D eigenvalue weighted by atomic mass is 9.97. The monoisotopic (exact) mass is 212 g/mol. The van der Waals surface area contributed by atoms with Gasteiger partial charge in [0.25, 0.3) is 0 Å². The van der Waals surface area contributed by atoms with Gasteiger partial charge in [0.1, 0.15) is 0 Å². The second-order valence-electron chi connectivity index (χ2n) is 4.41. The summed E-state index contributed by atoms with van der Waals surface area (Å²) in [5.41, 5.74) is 1.29. The second-order valence-corrected chi connectivity index (χ2v) is 4.41. The first-order valence-electron chi connectivity index (χ1n) is 5.76. The molecule has 0 heterocycles. The van der Waals surface area contributed by atoms with E-state index in [0.717, 1.165) is 6.42 Å². The van der Waals surface area contributed by atoms with Crippen LogP contribution in [0.25, 0.3) is 0 Å². The Bertz CT molecular complexity index is 219. The van der Waals surface area contributed by atoms with Gasteiger partial charge < -0.3 is 4.74 Å². The average Bonchev–Trinajstić information content (AvgIpc) is 2.16. The first kappa shape index (κ1) is 14.2. The normalized spacial score (nSPS) is 15.9. The van der Waals surface area contributed by atoms with Crippen molar-refractivity contribution in [3.05, 3.63) is 11.6 Å². The number of allylic oxidation sites excluding steroid dienone is 2. The van der Waals surface area contributed by atoms with Gasteiger partial charge in [-0.3, -0.25) is 4.79 Å². The average molecular weight is 212 g/mol. The summed E-state index contributed by atoms with van der Waals surface area (Å²) in [7, 11) is 1.44. The maximum absolute atomic E-state index is 11.2. The Morgan fingerprint density at radius 3 is 2.47 bits per heavy atom. The molecule has 0 saturated carbocycles. The van der Waals surface area contributed by atoms with Crippen LogP contribution in [0.2, 0.25) is 0 Å². The molecule has 0 amide bonds. The van der Waals surface area contributed by atoms with Crippen molar-refractivity contribution in [2.75, 3.05) is 7.11 Å². The molecule has 15 heavy (non-hydrogen) atoms. The molecule has 0 N–H and O–H groups in total. The number of carbonyl (C=O) groups excluding carboxylic acids is 1. The number of hydrogen-bond donors (Lipinski definition) is 0. The Balaban J connectivity index is 4.11. The maximum Gasteiger partial charge on any atom is 0.308 e. The summed E-state index contributed by atoms with van der Waals surface area (Å²) in [6.07, 6.45) is 5.49. The van der Waals surface area contributed by atoms with E-state index in [9.17, 15) is 4.79 Å². The summed E-state index contributed by atoms with van der Waals surface area (Å²) in [4.78, 5) is 11.2. The van der Waals surface area contributed by atoms with Gasteiger partial charge in [-0.15, -0.1) is 0 Å². The highest BCUT2D eigenvalue weighted by molar-refractivity contribution is 5.72. The molecule has 0 aromatic heterocycles. The van der Waals surface area contributed by atoms with Crippen LogP contribution in [-0.2, 0) is 9.53 Å². The predicted octanol–water partition coefficient (Wildman–Crippen LogP) is 3.57. The first-order valence-corrected chi connectivity index (χ1v) is 5.76. The van der Waals surface area contributed by atoms with E-state index in [4.69, 9.17) is 4.74 Å². The molecule has 0 aliphatic rings. The number of esters is 1. The van der Waals surface area contributed by atoms with E-state index < -0.39 is 0 Å².